The van der Waals surface area contributed by atoms with E-state index in [1.807, 2.05) is 38.1 Å². The quantitative estimate of drug-likeness (QED) is 0.304. The summed E-state index contributed by atoms with van der Waals surface area (Å²) in [4.78, 5) is 0. The maximum absolute atomic E-state index is 9.77. The molecule has 3 aromatic rings. The average Bonchev–Trinajstić information content (AvgIpc) is 3.06. The van der Waals surface area contributed by atoms with Crippen molar-refractivity contribution in [1.29, 1.82) is 0 Å². The zero-order chi connectivity index (χ0) is 19.9. The molecule has 0 unspecified atom stereocenters. The highest BCUT2D eigenvalue weighted by atomic mass is 32.1. The number of nitrogens with zero attached hydrogens (tertiary/aromatic N) is 3. The molecule has 3 N–H and O–H groups in total. The number of hydrogen-bond acceptors (Lipinski definition) is 7. The van der Waals surface area contributed by atoms with E-state index < -0.39 is 0 Å². The number of benzene rings is 2. The molecule has 0 amide bonds. The predicted octanol–water partition coefficient (Wildman–Crippen LogP) is 3.69. The Morgan fingerprint density at radius 2 is 1.93 bits per heavy atom. The summed E-state index contributed by atoms with van der Waals surface area (Å²) < 4.78 is 12.8. The van der Waals surface area contributed by atoms with E-state index in [0.717, 1.165) is 16.9 Å². The predicted molar refractivity (Wildman–Crippen MR) is 110 cm³/mol. The summed E-state index contributed by atoms with van der Waals surface area (Å²) in [5, 5.41) is 21.0. The van der Waals surface area contributed by atoms with Gasteiger partial charge in [-0.15, -0.1) is 0 Å². The number of aromatic nitrogens is 3. The summed E-state index contributed by atoms with van der Waals surface area (Å²) in [6.07, 6.45) is 1.60. The fraction of sp³-hybridized carbons (Fsp3) is 0.211. The van der Waals surface area contributed by atoms with Crippen LogP contribution in [0.25, 0.3) is 11.4 Å². The summed E-state index contributed by atoms with van der Waals surface area (Å²) in [6.45, 7) is 4.86. The number of hydrazone groups is 1. The van der Waals surface area contributed by atoms with Crippen molar-refractivity contribution in [2.75, 3.05) is 18.7 Å². The van der Waals surface area contributed by atoms with E-state index in [2.05, 4.69) is 20.8 Å². The van der Waals surface area contributed by atoms with Crippen molar-refractivity contribution < 1.29 is 14.6 Å². The normalized spacial score (nSPS) is 10.9. The number of aromatic amines is 1. The first-order valence-electron chi connectivity index (χ1n) is 8.78. The molecule has 0 bridgehead atoms. The molecule has 0 atom stereocenters. The van der Waals surface area contributed by atoms with Crippen LogP contribution < -0.4 is 15.0 Å². The lowest BCUT2D eigenvalue weighted by atomic mass is 10.2. The fourth-order valence-corrected chi connectivity index (χ4v) is 2.67. The maximum atomic E-state index is 9.77. The Balaban J connectivity index is 1.78. The van der Waals surface area contributed by atoms with Crippen LogP contribution in [-0.4, -0.2) is 39.4 Å². The Morgan fingerprint density at radius 1 is 1.18 bits per heavy atom. The third-order valence-electron chi connectivity index (χ3n) is 3.75. The van der Waals surface area contributed by atoms with E-state index in [0.29, 0.717) is 29.6 Å². The van der Waals surface area contributed by atoms with Crippen molar-refractivity contribution in [2.24, 2.45) is 5.10 Å². The number of phenols is 1. The Morgan fingerprint density at radius 3 is 2.64 bits per heavy atom. The van der Waals surface area contributed by atoms with Crippen LogP contribution in [0.4, 0.5) is 0 Å². The zero-order valence-electron chi connectivity index (χ0n) is 15.5. The lowest BCUT2D eigenvalue weighted by Gasteiger charge is -2.08. The molecular weight excluding hydrogens is 378 g/mol. The third-order valence-corrected chi connectivity index (χ3v) is 4.02. The largest absolute Gasteiger partial charge is 0.504 e. The van der Waals surface area contributed by atoms with Crippen molar-refractivity contribution in [3.8, 4) is 28.6 Å². The molecule has 0 fully saturated rings. The number of phenolic OH excluding ortho intramolecular Hbond substituents is 1. The molecule has 146 valence electrons. The summed E-state index contributed by atoms with van der Waals surface area (Å²) in [5.41, 5.74) is 4.47. The van der Waals surface area contributed by atoms with Gasteiger partial charge in [0.15, 0.2) is 17.3 Å². The highest BCUT2D eigenvalue weighted by Crippen LogP contribution is 2.26. The van der Waals surface area contributed by atoms with Crippen molar-refractivity contribution in [3.63, 3.8) is 0 Å². The van der Waals surface area contributed by atoms with Crippen LogP contribution in [-0.2, 0) is 0 Å². The van der Waals surface area contributed by atoms with Gasteiger partial charge in [0.1, 0.15) is 5.75 Å². The number of ether oxygens (including phenoxy) is 2. The molecule has 9 heteroatoms. The summed E-state index contributed by atoms with van der Waals surface area (Å²) in [6, 6.07) is 12.5. The number of nitrogens with one attached hydrogen (secondary N) is 2. The van der Waals surface area contributed by atoms with E-state index in [9.17, 15) is 5.11 Å². The topological polar surface area (TPSA) is 96.7 Å². The summed E-state index contributed by atoms with van der Waals surface area (Å²) in [7, 11) is 0. The van der Waals surface area contributed by atoms with Gasteiger partial charge in [0.05, 0.1) is 19.4 Å². The van der Waals surface area contributed by atoms with E-state index in [1.165, 1.54) is 0 Å². The summed E-state index contributed by atoms with van der Waals surface area (Å²) >= 11 is 5.27. The Labute approximate surface area is 167 Å². The Kier molecular flexibility index (Phi) is 6.28. The average molecular weight is 399 g/mol. The second-order valence-electron chi connectivity index (χ2n) is 5.66. The molecule has 8 nitrogen and oxygen atoms in total. The van der Waals surface area contributed by atoms with Crippen molar-refractivity contribution in [1.82, 2.24) is 14.9 Å². The van der Waals surface area contributed by atoms with Gasteiger partial charge in [-0.1, -0.05) is 0 Å². The van der Waals surface area contributed by atoms with Crippen molar-refractivity contribution in [2.45, 2.75) is 13.8 Å². The van der Waals surface area contributed by atoms with E-state index in [4.69, 9.17) is 21.7 Å². The van der Waals surface area contributed by atoms with E-state index in [-0.39, 0.29) is 5.75 Å². The number of rotatable bonds is 8. The standard InChI is InChI=1S/C19H21N5O3S/c1-3-26-15-8-6-14(7-9-15)18-21-22-19(28)24(18)23-20-12-13-5-10-16(25)17(11-13)27-4-2/h5-12,23,25H,3-4H2,1-2H3,(H,22,28). The van der Waals surface area contributed by atoms with Crippen LogP contribution in [0.3, 0.4) is 0 Å². The second kappa shape index (κ2) is 9.05. The van der Waals surface area contributed by atoms with E-state index >= 15 is 0 Å². The SMILES string of the molecule is CCOc1ccc(-c2n[nH]c(=S)n2NN=Cc2ccc(O)c(OCC)c2)cc1. The van der Waals surface area contributed by atoms with Crippen LogP contribution in [0.1, 0.15) is 19.4 Å². The highest BCUT2D eigenvalue weighted by Gasteiger charge is 2.09. The maximum Gasteiger partial charge on any atom is 0.216 e. The monoisotopic (exact) mass is 399 g/mol. The van der Waals surface area contributed by atoms with Crippen LogP contribution in [0.15, 0.2) is 47.6 Å². The molecule has 0 radical (unpaired) electrons. The fourth-order valence-electron chi connectivity index (χ4n) is 2.49. The van der Waals surface area contributed by atoms with Gasteiger partial charge in [-0.05, 0) is 74.1 Å². The number of aromatic hydroxyl groups is 1. The molecule has 0 aliphatic carbocycles. The molecule has 28 heavy (non-hydrogen) atoms. The zero-order valence-corrected chi connectivity index (χ0v) is 16.4. The van der Waals surface area contributed by atoms with Crippen LogP contribution in [0.2, 0.25) is 0 Å². The van der Waals surface area contributed by atoms with Gasteiger partial charge in [-0.3, -0.25) is 0 Å². The lowest BCUT2D eigenvalue weighted by molar-refractivity contribution is 0.318. The van der Waals surface area contributed by atoms with Crippen molar-refractivity contribution >= 4 is 18.4 Å². The molecule has 1 aromatic heterocycles. The van der Waals surface area contributed by atoms with Gasteiger partial charge in [-0.25, -0.2) is 10.6 Å². The molecule has 2 aromatic carbocycles. The number of hydrogen-bond donors (Lipinski definition) is 3. The van der Waals surface area contributed by atoms with Crippen LogP contribution in [0, 0.1) is 4.77 Å². The lowest BCUT2D eigenvalue weighted by Crippen LogP contribution is -2.10. The summed E-state index contributed by atoms with van der Waals surface area (Å²) in [5.74, 6) is 1.87. The van der Waals surface area contributed by atoms with Gasteiger partial charge in [0.2, 0.25) is 4.77 Å². The molecule has 0 aliphatic rings. The van der Waals surface area contributed by atoms with Gasteiger partial charge >= 0.3 is 0 Å². The van der Waals surface area contributed by atoms with Gasteiger partial charge in [0, 0.05) is 5.56 Å². The molecule has 0 saturated carbocycles. The first kappa shape index (κ1) is 19.4. The Hall–Kier alpha value is -3.33. The molecule has 0 saturated heterocycles. The molecule has 1 heterocycles. The van der Waals surface area contributed by atoms with Crippen molar-refractivity contribution in [3.05, 3.63) is 52.8 Å². The first-order chi connectivity index (χ1) is 13.6. The Bertz CT molecular complexity index is 1010. The smallest absolute Gasteiger partial charge is 0.216 e. The van der Waals surface area contributed by atoms with Crippen LogP contribution >= 0.6 is 12.2 Å². The molecule has 0 aliphatic heterocycles. The third kappa shape index (κ3) is 4.49. The highest BCUT2D eigenvalue weighted by molar-refractivity contribution is 7.71. The minimum Gasteiger partial charge on any atom is -0.504 e. The van der Waals surface area contributed by atoms with Gasteiger partial charge in [-0.2, -0.15) is 14.9 Å². The first-order valence-corrected chi connectivity index (χ1v) is 9.18. The second-order valence-corrected chi connectivity index (χ2v) is 6.05. The number of H-pyrrole nitrogens is 1. The van der Waals surface area contributed by atoms with Gasteiger partial charge < -0.3 is 14.6 Å². The molecule has 0 spiro atoms. The van der Waals surface area contributed by atoms with Gasteiger partial charge in [0.25, 0.3) is 0 Å². The molecule has 3 rings (SSSR count). The minimum absolute atomic E-state index is 0.0850. The minimum atomic E-state index is 0.0850. The van der Waals surface area contributed by atoms with Crippen LogP contribution in [0.5, 0.6) is 17.2 Å². The molecular formula is C19H21N5O3S. The van der Waals surface area contributed by atoms with E-state index in [1.54, 1.807) is 29.1 Å².